The first kappa shape index (κ1) is 13.1. The van der Waals surface area contributed by atoms with Crippen molar-refractivity contribution in [2.24, 2.45) is 13.0 Å². The minimum absolute atomic E-state index is 0.0564. The average Bonchev–Trinajstić information content (AvgIpc) is 3.01. The maximum Gasteiger partial charge on any atom is 0.230 e. The van der Waals surface area contributed by atoms with E-state index in [1.807, 2.05) is 42.5 Å². The molecule has 1 aliphatic carbocycles. The van der Waals surface area contributed by atoms with E-state index >= 15 is 0 Å². The first-order valence-corrected chi connectivity index (χ1v) is 7.51. The number of benzene rings is 1. The fraction of sp³-hybridized carbons (Fsp3) is 0.353. The number of aryl methyl sites for hydroxylation is 1. The Morgan fingerprint density at radius 2 is 2.32 bits per heavy atom. The van der Waals surface area contributed by atoms with Crippen molar-refractivity contribution in [3.05, 3.63) is 47.3 Å². The molecule has 5 nitrogen and oxygen atoms in total. The van der Waals surface area contributed by atoms with Crippen molar-refractivity contribution < 1.29 is 4.79 Å². The fourth-order valence-corrected chi connectivity index (χ4v) is 3.44. The second-order valence-corrected chi connectivity index (χ2v) is 6.05. The number of nitriles is 1. The van der Waals surface area contributed by atoms with Crippen molar-refractivity contribution in [3.8, 4) is 6.07 Å². The summed E-state index contributed by atoms with van der Waals surface area (Å²) in [6.45, 7) is 0.684. The van der Waals surface area contributed by atoms with Gasteiger partial charge in [0, 0.05) is 31.4 Å². The van der Waals surface area contributed by atoms with Crippen molar-refractivity contribution in [3.63, 3.8) is 0 Å². The highest BCUT2D eigenvalue weighted by Crippen LogP contribution is 2.49. The molecule has 1 fully saturated rings. The van der Waals surface area contributed by atoms with Crippen LogP contribution in [0.3, 0.4) is 0 Å². The number of aromatic nitrogens is 2. The second kappa shape index (κ2) is 4.70. The number of carbonyl (C=O) groups excluding carboxylic acids is 1. The largest absolute Gasteiger partial charge is 0.312 e. The minimum Gasteiger partial charge on any atom is -0.312 e. The molecule has 0 unspecified atom stereocenters. The lowest BCUT2D eigenvalue weighted by atomic mass is 10.1. The lowest BCUT2D eigenvalue weighted by molar-refractivity contribution is -0.119. The highest BCUT2D eigenvalue weighted by atomic mass is 16.2. The van der Waals surface area contributed by atoms with Crippen molar-refractivity contribution in [2.75, 3.05) is 11.4 Å². The summed E-state index contributed by atoms with van der Waals surface area (Å²) >= 11 is 0. The maximum atomic E-state index is 12.8. The van der Waals surface area contributed by atoms with Crippen LogP contribution in [0, 0.1) is 17.2 Å². The summed E-state index contributed by atoms with van der Waals surface area (Å²) in [6, 6.07) is 7.84. The molecule has 2 atom stereocenters. The molecule has 110 valence electrons. The predicted molar refractivity (Wildman–Crippen MR) is 81.3 cm³/mol. The Hall–Kier alpha value is -2.61. The summed E-state index contributed by atoms with van der Waals surface area (Å²) in [5, 5.41) is 13.4. The van der Waals surface area contributed by atoms with Crippen LogP contribution in [0.2, 0.25) is 0 Å². The van der Waals surface area contributed by atoms with E-state index in [4.69, 9.17) is 0 Å². The third kappa shape index (κ3) is 1.92. The van der Waals surface area contributed by atoms with Gasteiger partial charge in [0.15, 0.2) is 0 Å². The zero-order valence-corrected chi connectivity index (χ0v) is 12.4. The molecule has 5 heteroatoms. The summed E-state index contributed by atoms with van der Waals surface area (Å²) in [6.07, 6.45) is 5.51. The number of fused-ring (bicyclic) bond motifs is 1. The number of rotatable bonds is 2. The second-order valence-electron chi connectivity index (χ2n) is 6.05. The van der Waals surface area contributed by atoms with Crippen molar-refractivity contribution in [2.45, 2.75) is 18.8 Å². The highest BCUT2D eigenvalue weighted by molar-refractivity contribution is 5.99. The van der Waals surface area contributed by atoms with Gasteiger partial charge in [0.2, 0.25) is 5.91 Å². The number of nitrogens with zero attached hydrogens (tertiary/aromatic N) is 4. The molecule has 0 bridgehead atoms. The van der Waals surface area contributed by atoms with Gasteiger partial charge in [0.25, 0.3) is 0 Å². The molecule has 1 saturated carbocycles. The average molecular weight is 292 g/mol. The van der Waals surface area contributed by atoms with Crippen LogP contribution in [0.25, 0.3) is 0 Å². The van der Waals surface area contributed by atoms with E-state index in [1.165, 1.54) is 0 Å². The number of carbonyl (C=O) groups is 1. The molecule has 2 aliphatic rings. The summed E-state index contributed by atoms with van der Waals surface area (Å²) in [5.41, 5.74) is 3.76. The summed E-state index contributed by atoms with van der Waals surface area (Å²) in [4.78, 5) is 14.6. The van der Waals surface area contributed by atoms with E-state index in [1.54, 1.807) is 4.68 Å². The van der Waals surface area contributed by atoms with Gasteiger partial charge in [-0.05, 0) is 42.0 Å². The standard InChI is InChI=1S/C17H16N4O/c1-20-10-12(9-19-20)14-7-15(14)17(22)21-6-5-13-11(8-18)3-2-4-16(13)21/h2-4,9-10,14-15H,5-7H2,1H3/t14-,15+/m1/s1. The zero-order chi connectivity index (χ0) is 15.3. The van der Waals surface area contributed by atoms with E-state index in [0.717, 1.165) is 29.7 Å². The van der Waals surface area contributed by atoms with Gasteiger partial charge in [-0.1, -0.05) is 6.07 Å². The van der Waals surface area contributed by atoms with E-state index in [9.17, 15) is 10.1 Å². The molecule has 0 N–H and O–H groups in total. The number of hydrogen-bond acceptors (Lipinski definition) is 3. The van der Waals surface area contributed by atoms with Crippen LogP contribution in [0.4, 0.5) is 5.69 Å². The summed E-state index contributed by atoms with van der Waals surface area (Å²) in [7, 11) is 1.89. The Bertz CT molecular complexity index is 801. The molecule has 1 aromatic heterocycles. The van der Waals surface area contributed by atoms with Gasteiger partial charge < -0.3 is 4.90 Å². The molecule has 0 spiro atoms. The van der Waals surface area contributed by atoms with Gasteiger partial charge in [-0.2, -0.15) is 10.4 Å². The van der Waals surface area contributed by atoms with Crippen molar-refractivity contribution >= 4 is 11.6 Å². The summed E-state index contributed by atoms with van der Waals surface area (Å²) < 4.78 is 1.78. The molecule has 2 heterocycles. The van der Waals surface area contributed by atoms with Crippen LogP contribution in [-0.2, 0) is 18.3 Å². The third-order valence-electron chi connectivity index (χ3n) is 4.67. The van der Waals surface area contributed by atoms with Gasteiger partial charge in [-0.15, -0.1) is 0 Å². The monoisotopic (exact) mass is 292 g/mol. The zero-order valence-electron chi connectivity index (χ0n) is 12.4. The van der Waals surface area contributed by atoms with E-state index in [-0.39, 0.29) is 11.8 Å². The van der Waals surface area contributed by atoms with Crippen LogP contribution in [0.1, 0.15) is 29.0 Å². The van der Waals surface area contributed by atoms with Crippen molar-refractivity contribution in [1.29, 1.82) is 5.26 Å². The van der Waals surface area contributed by atoms with Crippen LogP contribution >= 0.6 is 0 Å². The van der Waals surface area contributed by atoms with Crippen molar-refractivity contribution in [1.82, 2.24) is 9.78 Å². The molecule has 22 heavy (non-hydrogen) atoms. The molecular weight excluding hydrogens is 276 g/mol. The number of amides is 1. The van der Waals surface area contributed by atoms with E-state index in [2.05, 4.69) is 11.2 Å². The Morgan fingerprint density at radius 1 is 1.45 bits per heavy atom. The molecule has 1 aliphatic heterocycles. The topological polar surface area (TPSA) is 61.9 Å². The van der Waals surface area contributed by atoms with Gasteiger partial charge >= 0.3 is 0 Å². The smallest absolute Gasteiger partial charge is 0.230 e. The lowest BCUT2D eigenvalue weighted by Crippen LogP contribution is -2.30. The van der Waals surface area contributed by atoms with Crippen LogP contribution in [0.5, 0.6) is 0 Å². The predicted octanol–water partition coefficient (Wildman–Crippen LogP) is 1.98. The molecule has 1 aromatic carbocycles. The van der Waals surface area contributed by atoms with Crippen LogP contribution < -0.4 is 4.90 Å². The van der Waals surface area contributed by atoms with Crippen LogP contribution in [0.15, 0.2) is 30.6 Å². The normalized spacial score (nSPS) is 22.3. The Balaban J connectivity index is 1.56. The van der Waals surface area contributed by atoms with Gasteiger partial charge in [-0.25, -0.2) is 0 Å². The Kier molecular flexibility index (Phi) is 2.80. The van der Waals surface area contributed by atoms with Gasteiger partial charge in [-0.3, -0.25) is 9.48 Å². The fourth-order valence-electron chi connectivity index (χ4n) is 3.44. The molecule has 4 rings (SSSR count). The quantitative estimate of drug-likeness (QED) is 0.850. The first-order chi connectivity index (χ1) is 10.7. The highest BCUT2D eigenvalue weighted by Gasteiger charge is 2.47. The van der Waals surface area contributed by atoms with E-state index in [0.29, 0.717) is 18.0 Å². The number of hydrogen-bond donors (Lipinski definition) is 0. The molecule has 2 aromatic rings. The lowest BCUT2D eigenvalue weighted by Gasteiger charge is -2.17. The Morgan fingerprint density at radius 3 is 3.05 bits per heavy atom. The SMILES string of the molecule is Cn1cc([C@H]2C[C@@H]2C(=O)N2CCc3c(C#N)cccc32)cn1. The number of anilines is 1. The maximum absolute atomic E-state index is 12.8. The Labute approximate surface area is 128 Å². The van der Waals surface area contributed by atoms with Gasteiger partial charge in [0.1, 0.15) is 0 Å². The first-order valence-electron chi connectivity index (χ1n) is 7.51. The molecule has 0 radical (unpaired) electrons. The van der Waals surface area contributed by atoms with Crippen LogP contribution in [-0.4, -0.2) is 22.2 Å². The molecule has 0 saturated heterocycles. The third-order valence-corrected chi connectivity index (χ3v) is 4.67. The van der Waals surface area contributed by atoms with Gasteiger partial charge in [0.05, 0.1) is 17.8 Å². The van der Waals surface area contributed by atoms with E-state index < -0.39 is 0 Å². The minimum atomic E-state index is 0.0564. The molecular formula is C17H16N4O. The molecule has 1 amide bonds. The summed E-state index contributed by atoms with van der Waals surface area (Å²) in [5.74, 6) is 0.535.